The van der Waals surface area contributed by atoms with Gasteiger partial charge < -0.3 is 0 Å². The van der Waals surface area contributed by atoms with Gasteiger partial charge in [0.15, 0.2) is 0 Å². The van der Waals surface area contributed by atoms with E-state index in [0.717, 1.165) is 24.0 Å². The monoisotopic (exact) mass is 401 g/mol. The van der Waals surface area contributed by atoms with Crippen LogP contribution in [0.3, 0.4) is 0 Å². The summed E-state index contributed by atoms with van der Waals surface area (Å²) < 4.78 is 59.0. The molecule has 0 aromatic heterocycles. The van der Waals surface area contributed by atoms with Gasteiger partial charge in [-0.1, -0.05) is 103 Å². The molecule has 0 rings (SSSR count). The average Bonchev–Trinajstić information content (AvgIpc) is 2.52. The van der Waals surface area contributed by atoms with Gasteiger partial charge in [-0.05, 0) is 6.42 Å². The van der Waals surface area contributed by atoms with Crippen LogP contribution in [0, 0.1) is 0 Å². The summed E-state index contributed by atoms with van der Waals surface area (Å²) >= 11 is 0. The SMILES string of the molecule is CCCCCCCCCCCCCCCCCCS(=O)(=O)NC(F)(F)F. The molecule has 0 aliphatic rings. The van der Waals surface area contributed by atoms with E-state index >= 15 is 0 Å². The highest BCUT2D eigenvalue weighted by Gasteiger charge is 2.33. The van der Waals surface area contributed by atoms with Crippen LogP contribution in [0.5, 0.6) is 0 Å². The van der Waals surface area contributed by atoms with Gasteiger partial charge in [0.1, 0.15) is 0 Å². The molecular weight excluding hydrogens is 363 g/mol. The van der Waals surface area contributed by atoms with Crippen molar-refractivity contribution in [1.29, 1.82) is 0 Å². The molecule has 0 radical (unpaired) electrons. The molecule has 0 unspecified atom stereocenters. The zero-order chi connectivity index (χ0) is 19.7. The van der Waals surface area contributed by atoms with Crippen molar-refractivity contribution < 1.29 is 21.6 Å². The average molecular weight is 402 g/mol. The molecule has 0 fully saturated rings. The Hall–Kier alpha value is -0.300. The maximum Gasteiger partial charge on any atom is 0.470 e. The highest BCUT2D eigenvalue weighted by Crippen LogP contribution is 2.15. The predicted molar refractivity (Wildman–Crippen MR) is 103 cm³/mol. The molecule has 3 nitrogen and oxygen atoms in total. The first-order chi connectivity index (χ1) is 12.3. The minimum absolute atomic E-state index is 0.281. The molecule has 158 valence electrons. The van der Waals surface area contributed by atoms with Crippen LogP contribution in [0.1, 0.15) is 110 Å². The van der Waals surface area contributed by atoms with E-state index in [4.69, 9.17) is 0 Å². The number of hydrogen-bond donors (Lipinski definition) is 1. The molecular formula is C19H38F3NO2S. The first kappa shape index (κ1) is 25.7. The minimum Gasteiger partial charge on any atom is -0.212 e. The van der Waals surface area contributed by atoms with Crippen molar-refractivity contribution in [2.45, 2.75) is 116 Å². The highest BCUT2D eigenvalue weighted by atomic mass is 32.2. The van der Waals surface area contributed by atoms with Crippen molar-refractivity contribution in [3.05, 3.63) is 0 Å². The van der Waals surface area contributed by atoms with Crippen molar-refractivity contribution in [2.75, 3.05) is 5.75 Å². The molecule has 0 saturated heterocycles. The van der Waals surface area contributed by atoms with Crippen molar-refractivity contribution in [2.24, 2.45) is 0 Å². The number of unbranched alkanes of at least 4 members (excludes halogenated alkanes) is 15. The minimum atomic E-state index is -4.87. The lowest BCUT2D eigenvalue weighted by Gasteiger charge is -2.09. The van der Waals surface area contributed by atoms with Gasteiger partial charge in [-0.25, -0.2) is 8.42 Å². The maximum absolute atomic E-state index is 12.0. The van der Waals surface area contributed by atoms with Gasteiger partial charge in [-0.15, -0.1) is 4.72 Å². The van der Waals surface area contributed by atoms with E-state index in [1.54, 1.807) is 0 Å². The summed E-state index contributed by atoms with van der Waals surface area (Å²) in [5, 5.41) is 0. The molecule has 0 saturated carbocycles. The van der Waals surface area contributed by atoms with E-state index in [-0.39, 0.29) is 6.42 Å². The van der Waals surface area contributed by atoms with E-state index in [9.17, 15) is 21.6 Å². The van der Waals surface area contributed by atoms with Gasteiger partial charge in [0.25, 0.3) is 0 Å². The molecule has 0 aromatic rings. The van der Waals surface area contributed by atoms with Crippen LogP contribution < -0.4 is 4.72 Å². The molecule has 0 aromatic carbocycles. The van der Waals surface area contributed by atoms with Crippen LogP contribution in [0.25, 0.3) is 0 Å². The Balaban J connectivity index is 3.27. The summed E-state index contributed by atoms with van der Waals surface area (Å²) in [6, 6.07) is 0. The molecule has 26 heavy (non-hydrogen) atoms. The van der Waals surface area contributed by atoms with E-state index in [2.05, 4.69) is 6.92 Å². The Morgan fingerprint density at radius 2 is 0.923 bits per heavy atom. The lowest BCUT2D eigenvalue weighted by molar-refractivity contribution is -0.138. The summed E-state index contributed by atoms with van der Waals surface area (Å²) in [4.78, 5) is 0. The second kappa shape index (κ2) is 15.7. The molecule has 0 spiro atoms. The van der Waals surface area contributed by atoms with Crippen LogP contribution in [-0.2, 0) is 10.0 Å². The lowest BCUT2D eigenvalue weighted by atomic mass is 10.0. The Morgan fingerprint density at radius 3 is 1.23 bits per heavy atom. The zero-order valence-corrected chi connectivity index (χ0v) is 17.2. The second-order valence-electron chi connectivity index (χ2n) is 7.22. The topological polar surface area (TPSA) is 46.2 Å². The normalized spacial score (nSPS) is 12.6. The molecule has 0 aliphatic heterocycles. The van der Waals surface area contributed by atoms with E-state index in [1.807, 2.05) is 0 Å². The smallest absolute Gasteiger partial charge is 0.212 e. The van der Waals surface area contributed by atoms with Crippen LogP contribution in [-0.4, -0.2) is 20.5 Å². The molecule has 0 aliphatic carbocycles. The fourth-order valence-electron chi connectivity index (χ4n) is 3.07. The Morgan fingerprint density at radius 1 is 0.615 bits per heavy atom. The van der Waals surface area contributed by atoms with E-state index < -0.39 is 22.1 Å². The molecule has 7 heteroatoms. The molecule has 0 bridgehead atoms. The van der Waals surface area contributed by atoms with Gasteiger partial charge in [-0.2, -0.15) is 13.2 Å². The number of nitrogens with one attached hydrogen (secondary N) is 1. The van der Waals surface area contributed by atoms with Gasteiger partial charge in [0.05, 0.1) is 5.75 Å². The molecule has 0 heterocycles. The van der Waals surface area contributed by atoms with Crippen LogP contribution >= 0.6 is 0 Å². The van der Waals surface area contributed by atoms with E-state index in [0.29, 0.717) is 6.42 Å². The van der Waals surface area contributed by atoms with Crippen LogP contribution in [0.2, 0.25) is 0 Å². The third-order valence-electron chi connectivity index (χ3n) is 4.54. The number of halogens is 3. The van der Waals surface area contributed by atoms with Gasteiger partial charge in [0, 0.05) is 0 Å². The first-order valence-corrected chi connectivity index (χ1v) is 12.0. The summed E-state index contributed by atoms with van der Waals surface area (Å²) in [6.45, 7) is 2.24. The fourth-order valence-corrected chi connectivity index (χ4v) is 4.11. The number of alkyl halides is 3. The molecule has 1 N–H and O–H groups in total. The van der Waals surface area contributed by atoms with E-state index in [1.165, 1.54) is 70.6 Å². The van der Waals surface area contributed by atoms with Gasteiger partial charge in [0.2, 0.25) is 10.0 Å². The standard InChI is InChI=1S/C19H38F3NO2S/c1-2-3-4-5-6-7-8-9-10-11-12-13-14-15-16-17-18-26(24,25)23-19(20,21)22/h23H,2-18H2,1H3. The number of hydrogen-bond acceptors (Lipinski definition) is 2. The molecule has 0 amide bonds. The summed E-state index contributed by atoms with van der Waals surface area (Å²) in [6.07, 6.45) is 13.7. The first-order valence-electron chi connectivity index (χ1n) is 10.4. The highest BCUT2D eigenvalue weighted by molar-refractivity contribution is 7.89. The van der Waals surface area contributed by atoms with Crippen molar-refractivity contribution in [1.82, 2.24) is 4.72 Å². The summed E-state index contributed by atoms with van der Waals surface area (Å²) in [5.41, 5.74) is 0. The van der Waals surface area contributed by atoms with Gasteiger partial charge >= 0.3 is 6.30 Å². The third-order valence-corrected chi connectivity index (χ3v) is 5.91. The number of sulfonamides is 1. The van der Waals surface area contributed by atoms with Crippen molar-refractivity contribution in [3.63, 3.8) is 0 Å². The molecule has 0 atom stereocenters. The third kappa shape index (κ3) is 20.0. The van der Waals surface area contributed by atoms with Crippen LogP contribution in [0.4, 0.5) is 13.2 Å². The maximum atomic E-state index is 12.0. The lowest BCUT2D eigenvalue weighted by Crippen LogP contribution is -2.38. The quantitative estimate of drug-likeness (QED) is 0.205. The predicted octanol–water partition coefficient (Wildman–Crippen LogP) is 6.69. The van der Waals surface area contributed by atoms with Crippen molar-refractivity contribution >= 4 is 10.0 Å². The Kier molecular flexibility index (Phi) is 15.5. The Bertz CT molecular complexity index is 411. The zero-order valence-electron chi connectivity index (χ0n) is 16.4. The summed E-state index contributed by atoms with van der Waals surface area (Å²) in [7, 11) is -4.23. The van der Waals surface area contributed by atoms with Gasteiger partial charge in [-0.3, -0.25) is 0 Å². The summed E-state index contributed by atoms with van der Waals surface area (Å²) in [5.74, 6) is -0.453. The van der Waals surface area contributed by atoms with Crippen LogP contribution in [0.15, 0.2) is 0 Å². The number of rotatable bonds is 18. The van der Waals surface area contributed by atoms with Crippen molar-refractivity contribution in [3.8, 4) is 0 Å². The fraction of sp³-hybridized carbons (Fsp3) is 1.00. The second-order valence-corrected chi connectivity index (χ2v) is 9.06. The Labute approximate surface area is 158 Å². The largest absolute Gasteiger partial charge is 0.470 e.